The molecule has 198 valence electrons. The highest BCUT2D eigenvalue weighted by Gasteiger charge is 2.41. The Morgan fingerprint density at radius 1 is 0.842 bits per heavy atom. The second-order valence-electron chi connectivity index (χ2n) is 8.70. The van der Waals surface area contributed by atoms with Crippen molar-refractivity contribution in [2.45, 2.75) is 26.8 Å². The Hall–Kier alpha value is -3.95. The monoisotopic (exact) mass is 533 g/mol. The van der Waals surface area contributed by atoms with Gasteiger partial charge in [-0.15, -0.1) is 0 Å². The molecule has 1 amide bonds. The molecule has 0 saturated carbocycles. The van der Waals surface area contributed by atoms with Crippen LogP contribution in [0.25, 0.3) is 0 Å². The van der Waals surface area contributed by atoms with Crippen molar-refractivity contribution in [2.24, 2.45) is 0 Å². The van der Waals surface area contributed by atoms with Crippen molar-refractivity contribution in [2.75, 3.05) is 36.5 Å². The Bertz CT molecular complexity index is 1280. The first-order valence-corrected chi connectivity index (χ1v) is 12.9. The Balaban J connectivity index is 1.40. The summed E-state index contributed by atoms with van der Waals surface area (Å²) in [5, 5.41) is 0.410. The van der Waals surface area contributed by atoms with E-state index in [1.807, 2.05) is 67.0 Å². The smallest absolute Gasteiger partial charge is 0.325 e. The SMILES string of the molecule is CCN(CC)CC(=O)Oc1ccc(Oc2ccc(N3C(=S)N(c4ccc(OC)cc4)C(=O)C3C)cc2)cc1. The van der Waals surface area contributed by atoms with E-state index in [-0.39, 0.29) is 18.4 Å². The molecule has 1 fully saturated rings. The van der Waals surface area contributed by atoms with Gasteiger partial charge in [-0.3, -0.25) is 19.4 Å². The molecule has 1 unspecified atom stereocenters. The van der Waals surface area contributed by atoms with E-state index in [0.29, 0.717) is 33.8 Å². The molecular formula is C29H31N3O5S. The summed E-state index contributed by atoms with van der Waals surface area (Å²) in [5.41, 5.74) is 1.48. The van der Waals surface area contributed by atoms with Crippen LogP contribution in [0.3, 0.4) is 0 Å². The van der Waals surface area contributed by atoms with Gasteiger partial charge in [0.2, 0.25) is 0 Å². The molecular weight excluding hydrogens is 502 g/mol. The van der Waals surface area contributed by atoms with Crippen molar-refractivity contribution >= 4 is 40.6 Å². The van der Waals surface area contributed by atoms with Crippen molar-refractivity contribution in [3.05, 3.63) is 72.8 Å². The number of nitrogens with zero attached hydrogens (tertiary/aromatic N) is 3. The summed E-state index contributed by atoms with van der Waals surface area (Å²) in [6, 6.07) is 21.1. The highest BCUT2D eigenvalue weighted by Crippen LogP contribution is 2.33. The maximum atomic E-state index is 13.0. The molecule has 38 heavy (non-hydrogen) atoms. The zero-order valence-corrected chi connectivity index (χ0v) is 22.7. The average molecular weight is 534 g/mol. The predicted octanol–water partition coefficient (Wildman–Crippen LogP) is 5.26. The van der Waals surface area contributed by atoms with Crippen LogP contribution < -0.4 is 24.0 Å². The molecule has 1 aliphatic heterocycles. The van der Waals surface area contributed by atoms with E-state index < -0.39 is 6.04 Å². The van der Waals surface area contributed by atoms with E-state index in [0.717, 1.165) is 18.8 Å². The number of likely N-dealkylation sites (N-methyl/N-ethyl adjacent to an activating group) is 1. The third-order valence-electron chi connectivity index (χ3n) is 6.35. The van der Waals surface area contributed by atoms with Gasteiger partial charge >= 0.3 is 5.97 Å². The molecule has 0 radical (unpaired) electrons. The second-order valence-corrected chi connectivity index (χ2v) is 9.07. The Morgan fingerprint density at radius 2 is 1.34 bits per heavy atom. The fourth-order valence-corrected chi connectivity index (χ4v) is 4.61. The lowest BCUT2D eigenvalue weighted by Crippen LogP contribution is -2.33. The maximum Gasteiger partial charge on any atom is 0.325 e. The summed E-state index contributed by atoms with van der Waals surface area (Å²) in [6.07, 6.45) is 0. The van der Waals surface area contributed by atoms with Crippen molar-refractivity contribution < 1.29 is 23.8 Å². The zero-order valence-electron chi connectivity index (χ0n) is 21.9. The minimum Gasteiger partial charge on any atom is -0.497 e. The lowest BCUT2D eigenvalue weighted by Gasteiger charge is -2.22. The number of hydrogen-bond donors (Lipinski definition) is 0. The van der Waals surface area contributed by atoms with Gasteiger partial charge in [0, 0.05) is 5.69 Å². The Morgan fingerprint density at radius 3 is 1.89 bits per heavy atom. The van der Waals surface area contributed by atoms with Crippen LogP contribution in [0.5, 0.6) is 23.0 Å². The molecule has 9 heteroatoms. The summed E-state index contributed by atoms with van der Waals surface area (Å²) in [4.78, 5) is 30.5. The molecule has 1 heterocycles. The van der Waals surface area contributed by atoms with Gasteiger partial charge < -0.3 is 19.1 Å². The zero-order chi connectivity index (χ0) is 27.2. The van der Waals surface area contributed by atoms with Crippen LogP contribution in [0.4, 0.5) is 11.4 Å². The number of carbonyl (C=O) groups is 2. The van der Waals surface area contributed by atoms with Crippen LogP contribution in [0.15, 0.2) is 72.8 Å². The number of anilines is 2. The lowest BCUT2D eigenvalue weighted by molar-refractivity contribution is -0.135. The van der Waals surface area contributed by atoms with E-state index in [4.69, 9.17) is 26.4 Å². The summed E-state index contributed by atoms with van der Waals surface area (Å²) in [6.45, 7) is 7.67. The minimum atomic E-state index is -0.451. The highest BCUT2D eigenvalue weighted by atomic mass is 32.1. The molecule has 1 aliphatic rings. The fourth-order valence-electron chi connectivity index (χ4n) is 4.15. The van der Waals surface area contributed by atoms with Gasteiger partial charge in [0.15, 0.2) is 5.11 Å². The number of amides is 1. The van der Waals surface area contributed by atoms with Crippen LogP contribution in [-0.2, 0) is 9.59 Å². The summed E-state index contributed by atoms with van der Waals surface area (Å²) >= 11 is 5.69. The number of ether oxygens (including phenoxy) is 3. The van der Waals surface area contributed by atoms with Crippen molar-refractivity contribution in [1.82, 2.24) is 4.90 Å². The Kier molecular flexibility index (Phi) is 8.60. The molecule has 0 bridgehead atoms. The van der Waals surface area contributed by atoms with Crippen LogP contribution >= 0.6 is 12.2 Å². The molecule has 8 nitrogen and oxygen atoms in total. The number of benzene rings is 3. The Labute approximate surface area is 228 Å². The summed E-state index contributed by atoms with van der Waals surface area (Å²) in [7, 11) is 1.60. The normalized spacial score (nSPS) is 15.2. The molecule has 3 aromatic carbocycles. The molecule has 1 saturated heterocycles. The van der Waals surface area contributed by atoms with Crippen LogP contribution in [0.2, 0.25) is 0 Å². The lowest BCUT2D eigenvalue weighted by atomic mass is 10.2. The van der Waals surface area contributed by atoms with Crippen molar-refractivity contribution in [3.63, 3.8) is 0 Å². The maximum absolute atomic E-state index is 13.0. The van der Waals surface area contributed by atoms with E-state index in [1.165, 1.54) is 0 Å². The second kappa shape index (κ2) is 12.1. The third-order valence-corrected chi connectivity index (χ3v) is 6.73. The van der Waals surface area contributed by atoms with E-state index in [9.17, 15) is 9.59 Å². The van der Waals surface area contributed by atoms with Crippen molar-refractivity contribution in [3.8, 4) is 23.0 Å². The fraction of sp³-hybridized carbons (Fsp3) is 0.276. The molecule has 0 spiro atoms. The topological polar surface area (TPSA) is 71.6 Å². The first-order chi connectivity index (χ1) is 18.3. The molecule has 1 atom stereocenters. The van der Waals surface area contributed by atoms with Gasteiger partial charge in [-0.2, -0.15) is 0 Å². The molecule has 0 aliphatic carbocycles. The first kappa shape index (κ1) is 27.1. The molecule has 3 aromatic rings. The van der Waals surface area contributed by atoms with Crippen LogP contribution in [0, 0.1) is 0 Å². The van der Waals surface area contributed by atoms with E-state index in [1.54, 1.807) is 48.4 Å². The van der Waals surface area contributed by atoms with Crippen LogP contribution in [-0.4, -0.2) is 54.7 Å². The van der Waals surface area contributed by atoms with Gasteiger partial charge in [-0.05, 0) is 105 Å². The predicted molar refractivity (Wildman–Crippen MR) is 151 cm³/mol. The number of esters is 1. The quantitative estimate of drug-likeness (QED) is 0.199. The largest absolute Gasteiger partial charge is 0.497 e. The number of carbonyl (C=O) groups excluding carboxylic acids is 2. The van der Waals surface area contributed by atoms with E-state index >= 15 is 0 Å². The number of rotatable bonds is 10. The highest BCUT2D eigenvalue weighted by molar-refractivity contribution is 7.81. The number of methoxy groups -OCH3 is 1. The minimum absolute atomic E-state index is 0.0987. The third kappa shape index (κ3) is 5.95. The van der Waals surface area contributed by atoms with Gasteiger partial charge in [0.25, 0.3) is 5.91 Å². The van der Waals surface area contributed by atoms with Crippen LogP contribution in [0.1, 0.15) is 20.8 Å². The summed E-state index contributed by atoms with van der Waals surface area (Å²) < 4.78 is 16.6. The van der Waals surface area contributed by atoms with Gasteiger partial charge in [-0.1, -0.05) is 13.8 Å². The van der Waals surface area contributed by atoms with Gasteiger partial charge in [0.05, 0.1) is 19.3 Å². The molecule has 4 rings (SSSR count). The van der Waals surface area contributed by atoms with E-state index in [2.05, 4.69) is 0 Å². The number of hydrogen-bond acceptors (Lipinski definition) is 7. The molecule has 0 N–H and O–H groups in total. The molecule has 0 aromatic heterocycles. The first-order valence-electron chi connectivity index (χ1n) is 12.5. The van der Waals surface area contributed by atoms with Crippen molar-refractivity contribution in [1.29, 1.82) is 0 Å². The summed E-state index contributed by atoms with van der Waals surface area (Å²) in [5.74, 6) is 2.00. The number of thiocarbonyl (C=S) groups is 1. The average Bonchev–Trinajstić information content (AvgIpc) is 3.16. The van der Waals surface area contributed by atoms with Gasteiger partial charge in [0.1, 0.15) is 29.0 Å². The van der Waals surface area contributed by atoms with Gasteiger partial charge in [-0.25, -0.2) is 0 Å². The standard InChI is InChI=1S/C29H31N3O5S/c1-5-30(6-2)19-27(33)37-26-17-15-25(16-18-26)36-24-13-9-21(10-14-24)31-20(3)28(34)32(29(31)38)22-7-11-23(35-4)12-8-22/h7-18,20H,5-6,19H2,1-4H3.